The maximum absolute atomic E-state index is 9.70. The van der Waals surface area contributed by atoms with Gasteiger partial charge in [-0.2, -0.15) is 0 Å². The molecule has 0 aromatic heterocycles. The number of hydrogen-bond donors (Lipinski definition) is 2. The van der Waals surface area contributed by atoms with Crippen molar-refractivity contribution in [1.82, 2.24) is 4.90 Å². The van der Waals surface area contributed by atoms with Gasteiger partial charge in [0.1, 0.15) is 11.4 Å². The Morgan fingerprint density at radius 1 is 1.62 bits per heavy atom. The van der Waals surface area contributed by atoms with Crippen LogP contribution in [0.3, 0.4) is 0 Å². The van der Waals surface area contributed by atoms with E-state index in [4.69, 9.17) is 5.11 Å². The van der Waals surface area contributed by atoms with E-state index in [-0.39, 0.29) is 6.61 Å². The molecule has 0 heterocycles. The van der Waals surface area contributed by atoms with Gasteiger partial charge in [0, 0.05) is 13.6 Å². The quantitative estimate of drug-likeness (QED) is 0.488. The Kier molecular flexibility index (Phi) is 4.66. The second-order valence-corrected chi connectivity index (χ2v) is 3.21. The van der Waals surface area contributed by atoms with E-state index in [1.165, 1.54) is 6.20 Å². The molecule has 0 fully saturated rings. The van der Waals surface area contributed by atoms with Crippen LogP contribution in [0, 0.1) is 0 Å². The monoisotopic (exact) mass is 186 g/mol. The molecule has 4 heteroatoms. The molecule has 0 rings (SSSR count). The summed E-state index contributed by atoms with van der Waals surface area (Å²) in [6, 6.07) is 0. The molecule has 0 aromatic carbocycles. The molecule has 13 heavy (non-hydrogen) atoms. The second-order valence-electron chi connectivity index (χ2n) is 3.21. The van der Waals surface area contributed by atoms with Crippen LogP contribution in [0.2, 0.25) is 0 Å². The minimum Gasteiger partial charge on any atom is -0.395 e. The third-order valence-electron chi connectivity index (χ3n) is 1.59. The lowest BCUT2D eigenvalue weighted by Gasteiger charge is -2.29. The van der Waals surface area contributed by atoms with Crippen molar-refractivity contribution in [2.45, 2.75) is 19.4 Å². The molecule has 0 aliphatic carbocycles. The fourth-order valence-corrected chi connectivity index (χ4v) is 1.14. The summed E-state index contributed by atoms with van der Waals surface area (Å²) in [4.78, 5) is 5.58. The third kappa shape index (κ3) is 3.57. The largest absolute Gasteiger partial charge is 0.395 e. The van der Waals surface area contributed by atoms with Crippen molar-refractivity contribution in [1.29, 1.82) is 0 Å². The first-order chi connectivity index (χ1) is 5.97. The molecule has 0 unspecified atom stereocenters. The first-order valence-corrected chi connectivity index (χ1v) is 4.17. The lowest BCUT2D eigenvalue weighted by molar-refractivity contribution is 0.138. The molecular weight excluding hydrogens is 168 g/mol. The minimum absolute atomic E-state index is 0.00111. The molecule has 0 aliphatic heterocycles. The van der Waals surface area contributed by atoms with Gasteiger partial charge < -0.3 is 15.1 Å². The lowest BCUT2D eigenvalue weighted by atomic mass is 10.1. The summed E-state index contributed by atoms with van der Waals surface area (Å²) < 4.78 is 0. The van der Waals surface area contributed by atoms with E-state index in [2.05, 4.69) is 11.6 Å². The maximum Gasteiger partial charge on any atom is 0.135 e. The molecule has 0 aliphatic rings. The first-order valence-electron chi connectivity index (χ1n) is 4.17. The first kappa shape index (κ1) is 12.1. The fourth-order valence-electron chi connectivity index (χ4n) is 1.14. The van der Waals surface area contributed by atoms with Crippen molar-refractivity contribution < 1.29 is 10.2 Å². The van der Waals surface area contributed by atoms with Gasteiger partial charge in [-0.05, 0) is 20.0 Å². The van der Waals surface area contributed by atoms with Crippen LogP contribution in [0.15, 0.2) is 17.8 Å². The van der Waals surface area contributed by atoms with Crippen LogP contribution < -0.4 is 0 Å². The molecule has 4 nitrogen and oxygen atoms in total. The summed E-state index contributed by atoms with van der Waals surface area (Å²) >= 11 is 0. The molecule has 0 atom stereocenters. The third-order valence-corrected chi connectivity index (χ3v) is 1.59. The van der Waals surface area contributed by atoms with Gasteiger partial charge in [-0.3, -0.25) is 4.99 Å². The summed E-state index contributed by atoms with van der Waals surface area (Å²) in [6.45, 7) is 7.26. The predicted octanol–water partition coefficient (Wildman–Crippen LogP) is 0.223. The Labute approximate surface area is 79.2 Å². The Balaban J connectivity index is 4.65. The zero-order valence-corrected chi connectivity index (χ0v) is 8.49. The number of aliphatic hydroxyl groups excluding tert-OH is 1. The summed E-state index contributed by atoms with van der Waals surface area (Å²) in [5.74, 6) is 0.497. The fraction of sp³-hybridized carbons (Fsp3) is 0.667. The van der Waals surface area contributed by atoms with E-state index >= 15 is 0 Å². The maximum atomic E-state index is 9.70. The van der Waals surface area contributed by atoms with Crippen LogP contribution >= 0.6 is 0 Å². The average molecular weight is 186 g/mol. The van der Waals surface area contributed by atoms with Crippen molar-refractivity contribution in [2.24, 2.45) is 4.99 Å². The predicted molar refractivity (Wildman–Crippen MR) is 53.6 cm³/mol. The second kappa shape index (κ2) is 4.99. The van der Waals surface area contributed by atoms with Gasteiger partial charge in [0.15, 0.2) is 0 Å². The zero-order valence-electron chi connectivity index (χ0n) is 8.49. The van der Waals surface area contributed by atoms with Crippen LogP contribution in [0.5, 0.6) is 0 Å². The van der Waals surface area contributed by atoms with E-state index in [0.29, 0.717) is 12.4 Å². The van der Waals surface area contributed by atoms with E-state index < -0.39 is 5.60 Å². The lowest BCUT2D eigenvalue weighted by Crippen LogP contribution is -2.43. The molecule has 0 saturated carbocycles. The summed E-state index contributed by atoms with van der Waals surface area (Å²) in [7, 11) is 1.60. The molecule has 0 aromatic rings. The van der Waals surface area contributed by atoms with Crippen molar-refractivity contribution in [2.75, 3.05) is 20.2 Å². The highest BCUT2D eigenvalue weighted by Gasteiger charge is 2.24. The minimum atomic E-state index is -1.02. The summed E-state index contributed by atoms with van der Waals surface area (Å²) in [6.07, 6.45) is 1.54. The average Bonchev–Trinajstić information content (AvgIpc) is 2.01. The van der Waals surface area contributed by atoms with Crippen molar-refractivity contribution in [3.8, 4) is 0 Å². The van der Waals surface area contributed by atoms with Crippen LogP contribution in [0.1, 0.15) is 13.8 Å². The van der Waals surface area contributed by atoms with Gasteiger partial charge in [0.05, 0.1) is 6.61 Å². The number of nitrogens with zero attached hydrogens (tertiary/aromatic N) is 2. The molecule has 0 spiro atoms. The normalized spacial score (nSPS) is 12.8. The number of hydrogen-bond acceptors (Lipinski definition) is 3. The number of aliphatic imine (C=N–C) groups is 1. The summed E-state index contributed by atoms with van der Waals surface area (Å²) in [5.41, 5.74) is -1.02. The van der Waals surface area contributed by atoms with Gasteiger partial charge in [-0.15, -0.1) is 0 Å². The number of amidine groups is 1. The van der Waals surface area contributed by atoms with Crippen LogP contribution in [-0.2, 0) is 0 Å². The Bertz CT molecular complexity index is 194. The summed E-state index contributed by atoms with van der Waals surface area (Å²) in [5, 5.41) is 18.5. The molecule has 0 bridgehead atoms. The highest BCUT2D eigenvalue weighted by molar-refractivity contribution is 5.90. The molecule has 76 valence electrons. The van der Waals surface area contributed by atoms with E-state index in [9.17, 15) is 5.11 Å². The molecule has 0 radical (unpaired) electrons. The highest BCUT2D eigenvalue weighted by Crippen LogP contribution is 2.09. The molecule has 2 N–H and O–H groups in total. The van der Waals surface area contributed by atoms with E-state index in [0.717, 1.165) is 0 Å². The SMILES string of the molecule is C=CN(CCO)C(=NC)C(C)(C)O. The number of rotatable bonds is 4. The van der Waals surface area contributed by atoms with Crippen LogP contribution in [0.25, 0.3) is 0 Å². The standard InChI is InChI=1S/C9H18N2O2/c1-5-11(6-7-12)8(10-4)9(2,3)13/h5,12-13H,1,6-7H2,2-4H3. The highest BCUT2D eigenvalue weighted by atomic mass is 16.3. The zero-order chi connectivity index (χ0) is 10.5. The van der Waals surface area contributed by atoms with Crippen LogP contribution in [-0.4, -0.2) is 46.7 Å². The van der Waals surface area contributed by atoms with Gasteiger partial charge in [-0.1, -0.05) is 6.58 Å². The Hall–Kier alpha value is -0.870. The molecule has 0 saturated heterocycles. The van der Waals surface area contributed by atoms with Gasteiger partial charge >= 0.3 is 0 Å². The smallest absolute Gasteiger partial charge is 0.135 e. The van der Waals surface area contributed by atoms with Gasteiger partial charge in [0.2, 0.25) is 0 Å². The van der Waals surface area contributed by atoms with Gasteiger partial charge in [-0.25, -0.2) is 0 Å². The Morgan fingerprint density at radius 2 is 2.15 bits per heavy atom. The van der Waals surface area contributed by atoms with Gasteiger partial charge in [0.25, 0.3) is 0 Å². The molecule has 0 amide bonds. The Morgan fingerprint density at radius 3 is 2.38 bits per heavy atom. The van der Waals surface area contributed by atoms with Crippen LogP contribution in [0.4, 0.5) is 0 Å². The number of aliphatic hydroxyl groups is 2. The van der Waals surface area contributed by atoms with E-state index in [1.54, 1.807) is 25.8 Å². The van der Waals surface area contributed by atoms with E-state index in [1.807, 2.05) is 0 Å². The van der Waals surface area contributed by atoms with Crippen molar-refractivity contribution in [3.63, 3.8) is 0 Å². The van der Waals surface area contributed by atoms with Crippen molar-refractivity contribution >= 4 is 5.84 Å². The molecular formula is C9H18N2O2. The topological polar surface area (TPSA) is 56.1 Å². The van der Waals surface area contributed by atoms with Crippen molar-refractivity contribution in [3.05, 3.63) is 12.8 Å².